The van der Waals surface area contributed by atoms with E-state index >= 15 is 0 Å². The molecule has 0 spiro atoms. The number of benzene rings is 1. The second-order valence-electron chi connectivity index (χ2n) is 9.55. The fourth-order valence-corrected chi connectivity index (χ4v) is 4.13. The Kier molecular flexibility index (Phi) is 6.08. The van der Waals surface area contributed by atoms with Crippen molar-refractivity contribution < 1.29 is 19.0 Å². The minimum absolute atomic E-state index is 0.0466. The lowest BCUT2D eigenvalue weighted by Crippen LogP contribution is -2.55. The molecule has 4 unspecified atom stereocenters. The summed E-state index contributed by atoms with van der Waals surface area (Å²) in [5.41, 5.74) is 0.696. The van der Waals surface area contributed by atoms with E-state index in [1.54, 1.807) is 11.1 Å². The number of carbonyl (C=O) groups is 1. The van der Waals surface area contributed by atoms with Gasteiger partial charge in [0, 0.05) is 18.7 Å². The zero-order valence-corrected chi connectivity index (χ0v) is 18.8. The molecular formula is C25H32N2O4. The van der Waals surface area contributed by atoms with Crippen LogP contribution in [0.15, 0.2) is 48.8 Å². The number of pyridine rings is 1. The third-order valence-electron chi connectivity index (χ3n) is 6.08. The number of para-hydroxylation sites is 1. The number of likely N-dealkylation sites (tertiary alicyclic amines) is 1. The lowest BCUT2D eigenvalue weighted by Gasteiger charge is -2.40. The molecule has 166 valence electrons. The van der Waals surface area contributed by atoms with Gasteiger partial charge in [-0.1, -0.05) is 25.1 Å². The molecule has 1 aromatic carbocycles. The van der Waals surface area contributed by atoms with Gasteiger partial charge in [0.15, 0.2) is 0 Å². The molecule has 6 nitrogen and oxygen atoms in total. The summed E-state index contributed by atoms with van der Waals surface area (Å²) in [6, 6.07) is 12.1. The van der Waals surface area contributed by atoms with E-state index in [0.717, 1.165) is 17.9 Å². The molecule has 4 atom stereocenters. The van der Waals surface area contributed by atoms with E-state index in [9.17, 15) is 4.79 Å². The van der Waals surface area contributed by atoms with Gasteiger partial charge in [-0.3, -0.25) is 4.98 Å². The molecule has 4 rings (SSSR count). The second kappa shape index (κ2) is 8.77. The van der Waals surface area contributed by atoms with E-state index in [4.69, 9.17) is 14.2 Å². The average Bonchev–Trinajstić information content (AvgIpc) is 3.34. The third kappa shape index (κ3) is 5.30. The summed E-state index contributed by atoms with van der Waals surface area (Å²) in [5, 5.41) is 0. The van der Waals surface area contributed by atoms with E-state index in [-0.39, 0.29) is 12.1 Å². The zero-order chi connectivity index (χ0) is 22.0. The predicted octanol–water partition coefficient (Wildman–Crippen LogP) is 4.90. The van der Waals surface area contributed by atoms with E-state index in [1.807, 2.05) is 57.3 Å². The maximum absolute atomic E-state index is 12.3. The van der Waals surface area contributed by atoms with Gasteiger partial charge >= 0.3 is 6.09 Å². The van der Waals surface area contributed by atoms with Gasteiger partial charge in [0.25, 0.3) is 0 Å². The van der Waals surface area contributed by atoms with Crippen molar-refractivity contribution in [1.82, 2.24) is 9.88 Å². The highest BCUT2D eigenvalue weighted by Crippen LogP contribution is 2.54. The number of aromatic nitrogens is 1. The van der Waals surface area contributed by atoms with Crippen LogP contribution < -0.4 is 9.47 Å². The Bertz CT molecular complexity index is 896. The normalized spacial score (nSPS) is 24.8. The van der Waals surface area contributed by atoms with E-state index in [2.05, 4.69) is 18.0 Å². The molecule has 1 saturated heterocycles. The number of hydrogen-bond donors (Lipinski definition) is 0. The van der Waals surface area contributed by atoms with Crippen molar-refractivity contribution >= 4 is 6.09 Å². The monoisotopic (exact) mass is 424 g/mol. The van der Waals surface area contributed by atoms with Gasteiger partial charge in [0.05, 0.1) is 18.8 Å². The molecule has 2 heterocycles. The van der Waals surface area contributed by atoms with Gasteiger partial charge in [-0.05, 0) is 62.8 Å². The van der Waals surface area contributed by atoms with Crippen molar-refractivity contribution in [3.63, 3.8) is 0 Å². The van der Waals surface area contributed by atoms with Crippen LogP contribution >= 0.6 is 0 Å². The summed E-state index contributed by atoms with van der Waals surface area (Å²) >= 11 is 0. The minimum atomic E-state index is -0.488. The molecule has 1 aromatic heterocycles. The maximum Gasteiger partial charge on any atom is 0.410 e. The van der Waals surface area contributed by atoms with Crippen molar-refractivity contribution in [2.75, 3.05) is 19.8 Å². The Balaban J connectivity index is 1.28. The van der Waals surface area contributed by atoms with Crippen molar-refractivity contribution in [3.8, 4) is 11.5 Å². The molecule has 2 fully saturated rings. The molecule has 2 aromatic rings. The van der Waals surface area contributed by atoms with E-state index in [0.29, 0.717) is 37.5 Å². The molecule has 31 heavy (non-hydrogen) atoms. The first-order chi connectivity index (χ1) is 14.8. The maximum atomic E-state index is 12.3. The van der Waals surface area contributed by atoms with Crippen molar-refractivity contribution in [1.29, 1.82) is 0 Å². The topological polar surface area (TPSA) is 60.9 Å². The highest BCUT2D eigenvalue weighted by molar-refractivity contribution is 5.69. The number of ether oxygens (including phenoxy) is 3. The Morgan fingerprint density at radius 1 is 1.10 bits per heavy atom. The molecule has 1 saturated carbocycles. The first kappa shape index (κ1) is 21.5. The van der Waals surface area contributed by atoms with Gasteiger partial charge in [0.1, 0.15) is 23.7 Å². The first-order valence-electron chi connectivity index (χ1n) is 11.1. The number of rotatable bonds is 7. The largest absolute Gasteiger partial charge is 0.493 e. The van der Waals surface area contributed by atoms with Crippen LogP contribution in [0.5, 0.6) is 11.5 Å². The fourth-order valence-electron chi connectivity index (χ4n) is 4.13. The molecule has 0 N–H and O–H groups in total. The third-order valence-corrected chi connectivity index (χ3v) is 6.08. The standard InChI is InChI=1S/C25H32N2O4/c1-17-22(16-30-20-8-6-5-7-9-20)23(17)18-12-21(14-26-13-18)29-15-19-10-11-27(19)24(28)31-25(2,3)4/h5-9,12-14,17,19,22-23H,10-11,15-16H2,1-4H3. The molecule has 6 heteroatoms. The number of hydrogen-bond acceptors (Lipinski definition) is 5. The molecule has 0 radical (unpaired) electrons. The minimum Gasteiger partial charge on any atom is -0.493 e. The summed E-state index contributed by atoms with van der Waals surface area (Å²) in [6.07, 6.45) is 4.31. The van der Waals surface area contributed by atoms with Crippen LogP contribution in [-0.2, 0) is 4.74 Å². The molecule has 2 aliphatic rings. The summed E-state index contributed by atoms with van der Waals surface area (Å²) in [7, 11) is 0. The van der Waals surface area contributed by atoms with Crippen molar-refractivity contribution in [2.45, 2.75) is 51.7 Å². The lowest BCUT2D eigenvalue weighted by molar-refractivity contribution is -0.0141. The van der Waals surface area contributed by atoms with E-state index < -0.39 is 5.60 Å². The van der Waals surface area contributed by atoms with Gasteiger partial charge in [-0.2, -0.15) is 0 Å². The zero-order valence-electron chi connectivity index (χ0n) is 18.8. The van der Waals surface area contributed by atoms with Gasteiger partial charge in [-0.15, -0.1) is 0 Å². The second-order valence-corrected chi connectivity index (χ2v) is 9.55. The predicted molar refractivity (Wildman–Crippen MR) is 118 cm³/mol. The number of nitrogens with zero attached hydrogens (tertiary/aromatic N) is 2. The Morgan fingerprint density at radius 3 is 2.52 bits per heavy atom. The SMILES string of the molecule is CC1C(COc2ccccc2)C1c1cncc(OCC2CCN2C(=O)OC(C)(C)C)c1. The Labute approximate surface area is 184 Å². The van der Waals surface area contributed by atoms with Crippen LogP contribution in [0, 0.1) is 11.8 Å². The smallest absolute Gasteiger partial charge is 0.410 e. The fraction of sp³-hybridized carbons (Fsp3) is 0.520. The number of carbonyl (C=O) groups excluding carboxylic acids is 1. The van der Waals surface area contributed by atoms with Crippen LogP contribution in [0.2, 0.25) is 0 Å². The van der Waals surface area contributed by atoms with Gasteiger partial charge in [0.2, 0.25) is 0 Å². The summed E-state index contributed by atoms with van der Waals surface area (Å²) in [4.78, 5) is 18.4. The Hall–Kier alpha value is -2.76. The van der Waals surface area contributed by atoms with Gasteiger partial charge in [-0.25, -0.2) is 4.79 Å². The summed E-state index contributed by atoms with van der Waals surface area (Å²) in [6.45, 7) is 9.76. The van der Waals surface area contributed by atoms with Crippen LogP contribution in [-0.4, -0.2) is 47.4 Å². The van der Waals surface area contributed by atoms with Crippen LogP contribution in [0.4, 0.5) is 4.79 Å². The van der Waals surface area contributed by atoms with Crippen LogP contribution in [0.25, 0.3) is 0 Å². The lowest BCUT2D eigenvalue weighted by atomic mass is 10.1. The molecule has 1 amide bonds. The van der Waals surface area contributed by atoms with Crippen molar-refractivity contribution in [2.24, 2.45) is 11.8 Å². The van der Waals surface area contributed by atoms with Crippen molar-refractivity contribution in [3.05, 3.63) is 54.4 Å². The molecule has 1 aliphatic heterocycles. The molecular weight excluding hydrogens is 392 g/mol. The molecule has 1 aliphatic carbocycles. The summed E-state index contributed by atoms with van der Waals surface area (Å²) < 4.78 is 17.4. The quantitative estimate of drug-likeness (QED) is 0.633. The van der Waals surface area contributed by atoms with Gasteiger partial charge < -0.3 is 19.1 Å². The molecule has 0 bridgehead atoms. The highest BCUT2D eigenvalue weighted by Gasteiger charge is 2.48. The van der Waals surface area contributed by atoms with Crippen LogP contribution in [0.1, 0.15) is 45.6 Å². The first-order valence-corrected chi connectivity index (χ1v) is 11.1. The highest BCUT2D eigenvalue weighted by atomic mass is 16.6. The number of amides is 1. The van der Waals surface area contributed by atoms with E-state index in [1.165, 1.54) is 5.56 Å². The summed E-state index contributed by atoms with van der Waals surface area (Å²) in [5.74, 6) is 3.12. The Morgan fingerprint density at radius 2 is 1.84 bits per heavy atom. The average molecular weight is 425 g/mol. The van der Waals surface area contributed by atoms with Crippen LogP contribution in [0.3, 0.4) is 0 Å².